The Morgan fingerprint density at radius 1 is 1.53 bits per heavy atom. The van der Waals surface area contributed by atoms with Crippen molar-refractivity contribution in [3.63, 3.8) is 0 Å². The van der Waals surface area contributed by atoms with Gasteiger partial charge in [-0.1, -0.05) is 19.1 Å². The minimum absolute atomic E-state index is 0.608. The van der Waals surface area contributed by atoms with E-state index in [1.54, 1.807) is 4.68 Å². The van der Waals surface area contributed by atoms with E-state index in [0.29, 0.717) is 16.4 Å². The van der Waals surface area contributed by atoms with Gasteiger partial charge in [0.1, 0.15) is 11.3 Å². The fourth-order valence-electron chi connectivity index (χ4n) is 2.30. The molecule has 1 N–H and O–H groups in total. The average Bonchev–Trinajstić information content (AvgIpc) is 2.41. The Kier molecular flexibility index (Phi) is 2.63. The molecule has 0 aliphatic heterocycles. The third-order valence-electron chi connectivity index (χ3n) is 3.37. The second-order valence-electron chi connectivity index (χ2n) is 4.80. The van der Waals surface area contributed by atoms with Crippen LogP contribution in [0.3, 0.4) is 0 Å². The predicted molar refractivity (Wildman–Crippen MR) is 60.2 cm³/mol. The van der Waals surface area contributed by atoms with Crippen LogP contribution in [0.1, 0.15) is 32.4 Å². The van der Waals surface area contributed by atoms with E-state index in [1.165, 1.54) is 0 Å². The summed E-state index contributed by atoms with van der Waals surface area (Å²) in [6, 6.07) is 0. The molecule has 0 amide bonds. The SMILES string of the molecule is CC(C)C1CC(O)(c2c(Br)nnn2C)C1. The summed E-state index contributed by atoms with van der Waals surface area (Å²) in [4.78, 5) is 0. The summed E-state index contributed by atoms with van der Waals surface area (Å²) in [6.45, 7) is 4.39. The standard InChI is InChI=1S/C10H16BrN3O/c1-6(2)7-4-10(15,5-7)8-9(11)12-13-14(8)3/h6-7,15H,4-5H2,1-3H3. The van der Waals surface area contributed by atoms with Gasteiger partial charge in [0.15, 0.2) is 4.60 Å². The number of aliphatic hydroxyl groups is 1. The summed E-state index contributed by atoms with van der Waals surface area (Å²) < 4.78 is 2.32. The molecule has 1 heterocycles. The lowest BCUT2D eigenvalue weighted by molar-refractivity contribution is -0.0994. The van der Waals surface area contributed by atoms with E-state index in [4.69, 9.17) is 0 Å². The second kappa shape index (κ2) is 3.56. The molecule has 5 heteroatoms. The molecular weight excluding hydrogens is 258 g/mol. The Hall–Kier alpha value is -0.420. The first-order chi connectivity index (χ1) is 6.94. The van der Waals surface area contributed by atoms with E-state index in [0.717, 1.165) is 18.5 Å². The number of hydrogen-bond donors (Lipinski definition) is 1. The number of rotatable bonds is 2. The van der Waals surface area contributed by atoms with E-state index < -0.39 is 5.60 Å². The quantitative estimate of drug-likeness (QED) is 0.895. The van der Waals surface area contributed by atoms with Gasteiger partial charge in [0.2, 0.25) is 0 Å². The number of aromatic nitrogens is 3. The van der Waals surface area contributed by atoms with E-state index in [-0.39, 0.29) is 0 Å². The second-order valence-corrected chi connectivity index (χ2v) is 5.55. The lowest BCUT2D eigenvalue weighted by Gasteiger charge is -2.45. The molecule has 0 unspecified atom stereocenters. The number of halogens is 1. The minimum Gasteiger partial charge on any atom is -0.383 e. The van der Waals surface area contributed by atoms with Crippen LogP contribution in [-0.2, 0) is 12.6 Å². The average molecular weight is 274 g/mol. The lowest BCUT2D eigenvalue weighted by Crippen LogP contribution is -2.44. The van der Waals surface area contributed by atoms with Crippen molar-refractivity contribution in [3.05, 3.63) is 10.3 Å². The van der Waals surface area contributed by atoms with Crippen molar-refractivity contribution < 1.29 is 5.11 Å². The minimum atomic E-state index is -0.730. The molecule has 0 saturated heterocycles. The van der Waals surface area contributed by atoms with Crippen LogP contribution in [0.5, 0.6) is 0 Å². The molecule has 15 heavy (non-hydrogen) atoms. The van der Waals surface area contributed by atoms with E-state index in [9.17, 15) is 5.11 Å². The van der Waals surface area contributed by atoms with E-state index in [1.807, 2.05) is 7.05 Å². The van der Waals surface area contributed by atoms with Gasteiger partial charge in [-0.3, -0.25) is 0 Å². The van der Waals surface area contributed by atoms with Gasteiger partial charge in [-0.15, -0.1) is 5.10 Å². The molecule has 2 rings (SSSR count). The fraction of sp³-hybridized carbons (Fsp3) is 0.800. The zero-order valence-corrected chi connectivity index (χ0v) is 10.8. The highest BCUT2D eigenvalue weighted by molar-refractivity contribution is 9.10. The first-order valence-corrected chi connectivity index (χ1v) is 6.01. The highest BCUT2D eigenvalue weighted by Gasteiger charge is 2.48. The van der Waals surface area contributed by atoms with Crippen LogP contribution in [0.4, 0.5) is 0 Å². The Morgan fingerprint density at radius 2 is 2.13 bits per heavy atom. The maximum atomic E-state index is 10.4. The highest BCUT2D eigenvalue weighted by atomic mass is 79.9. The van der Waals surface area contributed by atoms with Crippen LogP contribution in [0.2, 0.25) is 0 Å². The van der Waals surface area contributed by atoms with E-state index >= 15 is 0 Å². The topological polar surface area (TPSA) is 50.9 Å². The lowest BCUT2D eigenvalue weighted by atomic mass is 9.65. The van der Waals surface area contributed by atoms with Crippen LogP contribution in [0.25, 0.3) is 0 Å². The highest BCUT2D eigenvalue weighted by Crippen LogP contribution is 2.49. The molecule has 0 atom stereocenters. The summed E-state index contributed by atoms with van der Waals surface area (Å²) in [7, 11) is 1.81. The van der Waals surface area contributed by atoms with Gasteiger partial charge in [-0.25, -0.2) is 4.68 Å². The Bertz CT molecular complexity index is 349. The Labute approximate surface area is 97.8 Å². The summed E-state index contributed by atoms with van der Waals surface area (Å²) in [6.07, 6.45) is 1.62. The summed E-state index contributed by atoms with van der Waals surface area (Å²) in [5, 5.41) is 18.2. The molecule has 1 aliphatic rings. The van der Waals surface area contributed by atoms with Crippen LogP contribution in [0, 0.1) is 11.8 Å². The molecule has 1 aromatic rings. The van der Waals surface area contributed by atoms with Gasteiger partial charge < -0.3 is 5.11 Å². The van der Waals surface area contributed by atoms with Crippen molar-refractivity contribution in [2.45, 2.75) is 32.3 Å². The van der Waals surface area contributed by atoms with Crippen molar-refractivity contribution in [2.75, 3.05) is 0 Å². The van der Waals surface area contributed by atoms with Gasteiger partial charge in [-0.2, -0.15) is 0 Å². The Morgan fingerprint density at radius 3 is 2.53 bits per heavy atom. The van der Waals surface area contributed by atoms with Crippen LogP contribution in [0.15, 0.2) is 4.60 Å². The summed E-state index contributed by atoms with van der Waals surface area (Å²) in [5.74, 6) is 1.24. The predicted octanol–water partition coefficient (Wildman–Crippen LogP) is 1.83. The molecule has 4 nitrogen and oxygen atoms in total. The number of hydrogen-bond acceptors (Lipinski definition) is 3. The van der Waals surface area contributed by atoms with Gasteiger partial charge in [0.05, 0.1) is 0 Å². The van der Waals surface area contributed by atoms with Crippen molar-refractivity contribution in [3.8, 4) is 0 Å². The molecule has 0 spiro atoms. The van der Waals surface area contributed by atoms with Crippen LogP contribution in [-0.4, -0.2) is 20.1 Å². The normalized spacial score (nSPS) is 30.7. The summed E-state index contributed by atoms with van der Waals surface area (Å²) in [5.41, 5.74) is 0.0749. The Balaban J connectivity index is 2.20. The third kappa shape index (κ3) is 1.72. The van der Waals surface area contributed by atoms with Gasteiger partial charge in [0.25, 0.3) is 0 Å². The van der Waals surface area contributed by atoms with Gasteiger partial charge in [0, 0.05) is 7.05 Å². The zero-order valence-electron chi connectivity index (χ0n) is 9.24. The largest absolute Gasteiger partial charge is 0.383 e. The van der Waals surface area contributed by atoms with E-state index in [2.05, 4.69) is 40.1 Å². The van der Waals surface area contributed by atoms with Gasteiger partial charge >= 0.3 is 0 Å². The molecule has 1 fully saturated rings. The molecule has 1 aliphatic carbocycles. The first kappa shape index (κ1) is 11.1. The molecule has 1 saturated carbocycles. The third-order valence-corrected chi connectivity index (χ3v) is 3.90. The van der Waals surface area contributed by atoms with Crippen LogP contribution < -0.4 is 0 Å². The fourth-order valence-corrected chi connectivity index (χ4v) is 2.99. The monoisotopic (exact) mass is 273 g/mol. The number of aryl methyl sites for hydroxylation is 1. The number of nitrogens with zero attached hydrogens (tertiary/aromatic N) is 3. The maximum absolute atomic E-state index is 10.4. The smallest absolute Gasteiger partial charge is 0.154 e. The van der Waals surface area contributed by atoms with Crippen LogP contribution >= 0.6 is 15.9 Å². The first-order valence-electron chi connectivity index (χ1n) is 5.22. The molecule has 0 aromatic carbocycles. The van der Waals surface area contributed by atoms with Crippen molar-refractivity contribution in [1.82, 2.24) is 15.0 Å². The molecule has 0 radical (unpaired) electrons. The molecule has 0 bridgehead atoms. The van der Waals surface area contributed by atoms with Crippen molar-refractivity contribution in [2.24, 2.45) is 18.9 Å². The molecular formula is C10H16BrN3O. The van der Waals surface area contributed by atoms with Crippen molar-refractivity contribution >= 4 is 15.9 Å². The maximum Gasteiger partial charge on any atom is 0.154 e. The van der Waals surface area contributed by atoms with Crippen molar-refractivity contribution in [1.29, 1.82) is 0 Å². The summed E-state index contributed by atoms with van der Waals surface area (Å²) >= 11 is 3.33. The zero-order chi connectivity index (χ0) is 11.2. The molecule has 1 aromatic heterocycles. The molecule has 84 valence electrons. The van der Waals surface area contributed by atoms with Gasteiger partial charge in [-0.05, 0) is 40.6 Å².